The number of amidine groups is 1. The van der Waals surface area contributed by atoms with Crippen LogP contribution in [0.5, 0.6) is 0 Å². The van der Waals surface area contributed by atoms with Gasteiger partial charge in [-0.15, -0.1) is 11.8 Å². The normalized spacial score (nSPS) is 16.2. The van der Waals surface area contributed by atoms with Crippen molar-refractivity contribution in [3.8, 4) is 0 Å². The zero-order valence-corrected chi connectivity index (χ0v) is 5.75. The molecule has 0 amide bonds. The predicted octanol–water partition coefficient (Wildman–Crippen LogP) is 0.822. The Morgan fingerprint density at radius 1 is 1.75 bits per heavy atom. The number of hydrogen-bond acceptors (Lipinski definition) is 3. The van der Waals surface area contributed by atoms with E-state index in [4.69, 9.17) is 0 Å². The molecule has 0 aliphatic carbocycles. The fraction of sp³-hybridized carbons (Fsp3) is 0.400. The quantitative estimate of drug-likeness (QED) is 0.565. The fourth-order valence-electron chi connectivity index (χ4n) is 0.467. The summed E-state index contributed by atoms with van der Waals surface area (Å²) in [4.78, 5) is 4.09. The van der Waals surface area contributed by atoms with Crippen LogP contribution >= 0.6 is 11.8 Å². The minimum Gasteiger partial charge on any atom is -0.373 e. The van der Waals surface area contributed by atoms with Gasteiger partial charge in [0.1, 0.15) is 10.9 Å². The molecule has 0 fully saturated rings. The lowest BCUT2D eigenvalue weighted by molar-refractivity contribution is 1.14. The number of aliphatic imine (C=N–C) groups is 1. The third kappa shape index (κ3) is 0.865. The summed E-state index contributed by atoms with van der Waals surface area (Å²) >= 11 is 1.66. The molecule has 0 aromatic rings. The number of rotatable bonds is 1. The maximum atomic E-state index is 4.09. The summed E-state index contributed by atoms with van der Waals surface area (Å²) in [5.41, 5.74) is 0. The molecule has 8 heavy (non-hydrogen) atoms. The van der Waals surface area contributed by atoms with Crippen molar-refractivity contribution in [1.82, 2.24) is 5.32 Å². The molecule has 44 valence electrons. The Balaban J connectivity index is 2.34. The van der Waals surface area contributed by atoms with E-state index in [9.17, 15) is 0 Å². The lowest BCUT2D eigenvalue weighted by atomic mass is 10.4. The van der Waals surface area contributed by atoms with Crippen LogP contribution in [-0.4, -0.2) is 19.1 Å². The third-order valence-electron chi connectivity index (χ3n) is 0.956. The highest BCUT2D eigenvalue weighted by atomic mass is 32.2. The topological polar surface area (TPSA) is 24.4 Å². The van der Waals surface area contributed by atoms with E-state index in [-0.39, 0.29) is 0 Å². The lowest BCUT2D eigenvalue weighted by Crippen LogP contribution is -2.20. The average molecular weight is 128 g/mol. The standard InChI is InChI=1S/C5H8N2S/c1-6-4-3-5(7-4)8-2/h3H,1-2H3,(H,6,7). The molecule has 1 rings (SSSR count). The van der Waals surface area contributed by atoms with Crippen LogP contribution in [0.2, 0.25) is 0 Å². The van der Waals surface area contributed by atoms with Gasteiger partial charge in [0.25, 0.3) is 0 Å². The number of hydrogen-bond donors (Lipinski definition) is 1. The van der Waals surface area contributed by atoms with Gasteiger partial charge in [-0.05, 0) is 6.26 Å². The number of nitrogens with one attached hydrogen (secondary N) is 1. The average Bonchev–Trinajstić information content (AvgIpc) is 1.65. The van der Waals surface area contributed by atoms with Crippen LogP contribution in [0, 0.1) is 0 Å². The predicted molar refractivity (Wildman–Crippen MR) is 38.1 cm³/mol. The summed E-state index contributed by atoms with van der Waals surface area (Å²) in [6.45, 7) is 0. The van der Waals surface area contributed by atoms with E-state index in [0.29, 0.717) is 0 Å². The summed E-state index contributed by atoms with van der Waals surface area (Å²) in [6.07, 6.45) is 4.03. The van der Waals surface area contributed by atoms with Crippen LogP contribution in [0.1, 0.15) is 0 Å². The molecule has 0 atom stereocenters. The minimum absolute atomic E-state index is 0.981. The minimum atomic E-state index is 0.981. The van der Waals surface area contributed by atoms with Gasteiger partial charge in [-0.2, -0.15) is 0 Å². The van der Waals surface area contributed by atoms with Crippen LogP contribution in [0.15, 0.2) is 16.1 Å². The summed E-state index contributed by atoms with van der Waals surface area (Å²) in [5, 5.41) is 4.03. The Morgan fingerprint density at radius 2 is 2.38 bits per heavy atom. The van der Waals surface area contributed by atoms with Crippen molar-refractivity contribution in [3.05, 3.63) is 11.1 Å². The van der Waals surface area contributed by atoms with Crippen LogP contribution in [0.25, 0.3) is 0 Å². The van der Waals surface area contributed by atoms with Crippen molar-refractivity contribution in [3.63, 3.8) is 0 Å². The Hall–Kier alpha value is -0.440. The molecular formula is C5H8N2S. The number of thioether (sulfide) groups is 1. The first-order chi connectivity index (χ1) is 3.86. The molecular weight excluding hydrogens is 120 g/mol. The maximum Gasteiger partial charge on any atom is 0.129 e. The molecule has 3 heteroatoms. The van der Waals surface area contributed by atoms with Crippen LogP contribution < -0.4 is 5.32 Å². The van der Waals surface area contributed by atoms with Crippen molar-refractivity contribution >= 4 is 17.6 Å². The van der Waals surface area contributed by atoms with Crippen molar-refractivity contribution in [1.29, 1.82) is 0 Å². The van der Waals surface area contributed by atoms with Crippen molar-refractivity contribution in [2.75, 3.05) is 13.3 Å². The van der Waals surface area contributed by atoms with Gasteiger partial charge in [0.2, 0.25) is 0 Å². The summed E-state index contributed by atoms with van der Waals surface area (Å²) < 4.78 is 0. The second-order valence-electron chi connectivity index (χ2n) is 1.43. The molecule has 1 aliphatic heterocycles. The Kier molecular flexibility index (Phi) is 1.58. The van der Waals surface area contributed by atoms with E-state index in [1.807, 2.05) is 19.4 Å². The van der Waals surface area contributed by atoms with Crippen LogP contribution in [0.3, 0.4) is 0 Å². The Morgan fingerprint density at radius 3 is 2.75 bits per heavy atom. The monoisotopic (exact) mass is 128 g/mol. The molecule has 2 nitrogen and oxygen atoms in total. The highest BCUT2D eigenvalue weighted by Crippen LogP contribution is 2.18. The SMILES string of the molecule is CNC1=NC(SC)=C1. The molecule has 0 unspecified atom stereocenters. The summed E-state index contributed by atoms with van der Waals surface area (Å²) in [5.74, 6) is 0.981. The molecule has 0 bridgehead atoms. The smallest absolute Gasteiger partial charge is 0.129 e. The molecule has 0 saturated heterocycles. The molecule has 1 aliphatic rings. The second kappa shape index (κ2) is 2.22. The molecule has 0 radical (unpaired) electrons. The zero-order chi connectivity index (χ0) is 5.98. The fourth-order valence-corrected chi connectivity index (χ4v) is 0.886. The second-order valence-corrected chi connectivity index (χ2v) is 2.26. The van der Waals surface area contributed by atoms with E-state index in [1.165, 1.54) is 0 Å². The zero-order valence-electron chi connectivity index (χ0n) is 4.93. The third-order valence-corrected chi connectivity index (χ3v) is 1.58. The molecule has 1 N–H and O–H groups in total. The number of nitrogens with zero attached hydrogens (tertiary/aromatic N) is 1. The van der Waals surface area contributed by atoms with Crippen molar-refractivity contribution in [2.45, 2.75) is 0 Å². The number of likely N-dealkylation sites (N-methyl/N-ethyl adjacent to an activating group) is 1. The van der Waals surface area contributed by atoms with Gasteiger partial charge < -0.3 is 5.32 Å². The van der Waals surface area contributed by atoms with Gasteiger partial charge in [-0.25, -0.2) is 4.99 Å². The van der Waals surface area contributed by atoms with Gasteiger partial charge in [-0.1, -0.05) is 0 Å². The summed E-state index contributed by atoms with van der Waals surface area (Å²) in [6, 6.07) is 0. The van der Waals surface area contributed by atoms with Gasteiger partial charge >= 0.3 is 0 Å². The first-order valence-corrected chi connectivity index (χ1v) is 3.61. The first kappa shape index (κ1) is 5.69. The van der Waals surface area contributed by atoms with Crippen molar-refractivity contribution in [2.24, 2.45) is 4.99 Å². The lowest BCUT2D eigenvalue weighted by Gasteiger charge is -2.09. The van der Waals surface area contributed by atoms with Gasteiger partial charge in [-0.3, -0.25) is 0 Å². The molecule has 1 heterocycles. The largest absolute Gasteiger partial charge is 0.373 e. The highest BCUT2D eigenvalue weighted by Gasteiger charge is 2.04. The van der Waals surface area contributed by atoms with E-state index >= 15 is 0 Å². The van der Waals surface area contributed by atoms with E-state index < -0.39 is 0 Å². The highest BCUT2D eigenvalue weighted by molar-refractivity contribution is 8.02. The van der Waals surface area contributed by atoms with Gasteiger partial charge in [0.05, 0.1) is 0 Å². The summed E-state index contributed by atoms with van der Waals surface area (Å²) in [7, 11) is 1.87. The maximum absolute atomic E-state index is 4.09. The molecule has 0 aromatic carbocycles. The first-order valence-electron chi connectivity index (χ1n) is 2.39. The van der Waals surface area contributed by atoms with Crippen LogP contribution in [0.4, 0.5) is 0 Å². The molecule has 0 spiro atoms. The molecule has 0 saturated carbocycles. The van der Waals surface area contributed by atoms with E-state index in [0.717, 1.165) is 10.9 Å². The molecule has 0 aromatic heterocycles. The van der Waals surface area contributed by atoms with Gasteiger partial charge in [0, 0.05) is 13.1 Å². The van der Waals surface area contributed by atoms with Crippen molar-refractivity contribution < 1.29 is 0 Å². The van der Waals surface area contributed by atoms with E-state index in [2.05, 4.69) is 10.3 Å². The Bertz CT molecular complexity index is 125. The van der Waals surface area contributed by atoms with Gasteiger partial charge in [0.15, 0.2) is 0 Å². The van der Waals surface area contributed by atoms with E-state index in [1.54, 1.807) is 11.8 Å². The van der Waals surface area contributed by atoms with Crippen LogP contribution in [-0.2, 0) is 0 Å². The Labute approximate surface area is 53.1 Å².